The maximum Gasteiger partial charge on any atom is 0.355 e. The zero-order chi connectivity index (χ0) is 15.1. The molecule has 0 aliphatic heterocycles. The highest BCUT2D eigenvalue weighted by Crippen LogP contribution is 2.17. The lowest BCUT2D eigenvalue weighted by atomic mass is 10.2. The number of nitriles is 1. The number of hydrogen-bond acceptors (Lipinski definition) is 3. The van der Waals surface area contributed by atoms with Crippen LogP contribution in [0.2, 0.25) is 0 Å². The van der Waals surface area contributed by atoms with Crippen molar-refractivity contribution in [3.8, 4) is 11.8 Å². The SMILES string of the molecule is Cc1ccc2nn(-c3cc(F)c(C#N)cc3F)c(=O)n2c1. The number of benzene rings is 1. The number of aryl methyl sites for hydroxylation is 1. The third-order valence-electron chi connectivity index (χ3n) is 3.05. The second-order valence-corrected chi connectivity index (χ2v) is 4.52. The van der Waals surface area contributed by atoms with E-state index in [1.54, 1.807) is 25.3 Å². The molecule has 1 aromatic carbocycles. The van der Waals surface area contributed by atoms with Gasteiger partial charge in [-0.3, -0.25) is 0 Å². The first kappa shape index (κ1) is 13.0. The van der Waals surface area contributed by atoms with Crippen LogP contribution in [-0.2, 0) is 0 Å². The zero-order valence-corrected chi connectivity index (χ0v) is 10.8. The van der Waals surface area contributed by atoms with Gasteiger partial charge in [0.05, 0.1) is 5.56 Å². The Hall–Kier alpha value is -3.01. The first-order valence-corrected chi connectivity index (χ1v) is 5.99. The number of fused-ring (bicyclic) bond motifs is 1. The van der Waals surface area contributed by atoms with Gasteiger partial charge < -0.3 is 0 Å². The standard InChI is InChI=1S/C14H8F2N4O/c1-8-2-3-13-18-20(14(21)19(13)7-8)12-5-10(15)9(6-17)4-11(12)16/h2-5,7H,1H3. The van der Waals surface area contributed by atoms with Crippen LogP contribution < -0.4 is 5.69 Å². The molecule has 2 aromatic heterocycles. The number of aromatic nitrogens is 3. The Balaban J connectivity index is 2.31. The Morgan fingerprint density at radius 2 is 2.00 bits per heavy atom. The van der Waals surface area contributed by atoms with Gasteiger partial charge in [-0.15, -0.1) is 5.10 Å². The fourth-order valence-corrected chi connectivity index (χ4v) is 2.02. The Kier molecular flexibility index (Phi) is 2.80. The minimum atomic E-state index is -0.908. The van der Waals surface area contributed by atoms with Gasteiger partial charge in [-0.2, -0.15) is 9.94 Å². The fraction of sp³-hybridized carbons (Fsp3) is 0.0714. The summed E-state index contributed by atoms with van der Waals surface area (Å²) in [5, 5.41) is 12.6. The summed E-state index contributed by atoms with van der Waals surface area (Å²) in [7, 11) is 0. The molecule has 0 unspecified atom stereocenters. The molecule has 3 aromatic rings. The van der Waals surface area contributed by atoms with Crippen LogP contribution in [0.25, 0.3) is 11.3 Å². The van der Waals surface area contributed by atoms with E-state index in [4.69, 9.17) is 5.26 Å². The van der Waals surface area contributed by atoms with Crippen molar-refractivity contribution in [2.24, 2.45) is 0 Å². The molecule has 0 saturated carbocycles. The molecular weight excluding hydrogens is 278 g/mol. The van der Waals surface area contributed by atoms with Gasteiger partial charge in [0.25, 0.3) is 0 Å². The van der Waals surface area contributed by atoms with Crippen molar-refractivity contribution in [3.05, 3.63) is 63.7 Å². The molecule has 0 N–H and O–H groups in total. The van der Waals surface area contributed by atoms with Crippen LogP contribution in [0.15, 0.2) is 35.3 Å². The van der Waals surface area contributed by atoms with Crippen molar-refractivity contribution >= 4 is 5.65 Å². The smallest absolute Gasteiger partial charge is 0.250 e. The average Bonchev–Trinajstić information content (AvgIpc) is 2.78. The highest BCUT2D eigenvalue weighted by atomic mass is 19.1. The summed E-state index contributed by atoms with van der Waals surface area (Å²) >= 11 is 0. The molecule has 3 rings (SSSR count). The molecule has 7 heteroatoms. The minimum Gasteiger partial charge on any atom is -0.250 e. The van der Waals surface area contributed by atoms with E-state index < -0.39 is 22.9 Å². The third-order valence-corrected chi connectivity index (χ3v) is 3.05. The largest absolute Gasteiger partial charge is 0.355 e. The Bertz CT molecular complexity index is 965. The topological polar surface area (TPSA) is 63.1 Å². The number of halogens is 2. The molecule has 0 fully saturated rings. The van der Waals surface area contributed by atoms with E-state index in [1.165, 1.54) is 10.5 Å². The Morgan fingerprint density at radius 1 is 1.24 bits per heavy atom. The maximum absolute atomic E-state index is 14.0. The molecule has 104 valence electrons. The van der Waals surface area contributed by atoms with Gasteiger partial charge in [-0.1, -0.05) is 6.07 Å². The van der Waals surface area contributed by atoms with Gasteiger partial charge in [-0.25, -0.2) is 18.0 Å². The van der Waals surface area contributed by atoms with E-state index in [1.807, 2.05) is 0 Å². The molecule has 0 aliphatic rings. The highest BCUT2D eigenvalue weighted by Gasteiger charge is 2.16. The molecule has 5 nitrogen and oxygen atoms in total. The lowest BCUT2D eigenvalue weighted by molar-refractivity contribution is 0.582. The normalized spacial score (nSPS) is 10.8. The summed E-state index contributed by atoms with van der Waals surface area (Å²) in [4.78, 5) is 12.2. The summed E-state index contributed by atoms with van der Waals surface area (Å²) < 4.78 is 29.6. The van der Waals surface area contributed by atoms with Gasteiger partial charge in [-0.05, 0) is 24.6 Å². The van der Waals surface area contributed by atoms with Crippen LogP contribution in [0.1, 0.15) is 11.1 Å². The molecule has 0 saturated heterocycles. The van der Waals surface area contributed by atoms with Crippen molar-refractivity contribution in [2.75, 3.05) is 0 Å². The second kappa shape index (κ2) is 4.52. The summed E-state index contributed by atoms with van der Waals surface area (Å²) in [6, 6.07) is 6.42. The van der Waals surface area contributed by atoms with Crippen LogP contribution in [0.3, 0.4) is 0 Å². The van der Waals surface area contributed by atoms with Crippen LogP contribution in [-0.4, -0.2) is 14.2 Å². The first-order valence-electron chi connectivity index (χ1n) is 5.99. The predicted octanol–water partition coefficient (Wildman–Crippen LogP) is 1.94. The molecule has 21 heavy (non-hydrogen) atoms. The van der Waals surface area contributed by atoms with E-state index in [0.29, 0.717) is 5.65 Å². The van der Waals surface area contributed by atoms with Gasteiger partial charge in [0.2, 0.25) is 0 Å². The summed E-state index contributed by atoms with van der Waals surface area (Å²) in [6.07, 6.45) is 1.55. The number of nitrogens with zero attached hydrogens (tertiary/aromatic N) is 4. The molecule has 2 heterocycles. The van der Waals surface area contributed by atoms with E-state index in [9.17, 15) is 13.6 Å². The Morgan fingerprint density at radius 3 is 2.71 bits per heavy atom. The lowest BCUT2D eigenvalue weighted by Crippen LogP contribution is -2.20. The second-order valence-electron chi connectivity index (χ2n) is 4.52. The van der Waals surface area contributed by atoms with Crippen molar-refractivity contribution in [1.82, 2.24) is 14.2 Å². The van der Waals surface area contributed by atoms with E-state index >= 15 is 0 Å². The highest BCUT2D eigenvalue weighted by molar-refractivity contribution is 5.44. The van der Waals surface area contributed by atoms with E-state index in [2.05, 4.69) is 5.10 Å². The van der Waals surface area contributed by atoms with Crippen molar-refractivity contribution in [1.29, 1.82) is 5.26 Å². The summed E-state index contributed by atoms with van der Waals surface area (Å²) in [6.45, 7) is 1.80. The van der Waals surface area contributed by atoms with Gasteiger partial charge in [0.15, 0.2) is 11.5 Å². The number of rotatable bonds is 1. The molecular formula is C14H8F2N4O. The maximum atomic E-state index is 14.0. The van der Waals surface area contributed by atoms with Crippen LogP contribution in [0, 0.1) is 29.9 Å². The van der Waals surface area contributed by atoms with Crippen molar-refractivity contribution < 1.29 is 8.78 Å². The lowest BCUT2D eigenvalue weighted by Gasteiger charge is -2.02. The van der Waals surface area contributed by atoms with Gasteiger partial charge in [0, 0.05) is 12.3 Å². The average molecular weight is 286 g/mol. The van der Waals surface area contributed by atoms with Crippen LogP contribution >= 0.6 is 0 Å². The van der Waals surface area contributed by atoms with E-state index in [-0.39, 0.29) is 5.69 Å². The minimum absolute atomic E-state index is 0.315. The number of pyridine rings is 1. The molecule has 0 amide bonds. The van der Waals surface area contributed by atoms with Crippen LogP contribution in [0.5, 0.6) is 0 Å². The quantitative estimate of drug-likeness (QED) is 0.686. The fourth-order valence-electron chi connectivity index (χ4n) is 2.02. The molecule has 0 radical (unpaired) electrons. The first-order chi connectivity index (χ1) is 10.0. The van der Waals surface area contributed by atoms with Crippen LogP contribution in [0.4, 0.5) is 8.78 Å². The molecule has 0 atom stereocenters. The molecule has 0 aliphatic carbocycles. The zero-order valence-electron chi connectivity index (χ0n) is 10.8. The summed E-state index contributed by atoms with van der Waals surface area (Å²) in [5.74, 6) is -1.80. The number of hydrogen-bond donors (Lipinski definition) is 0. The third kappa shape index (κ3) is 1.97. The predicted molar refractivity (Wildman–Crippen MR) is 70.2 cm³/mol. The van der Waals surface area contributed by atoms with Gasteiger partial charge >= 0.3 is 5.69 Å². The Labute approximate surface area is 117 Å². The molecule has 0 spiro atoms. The van der Waals surface area contributed by atoms with E-state index in [0.717, 1.165) is 22.4 Å². The summed E-state index contributed by atoms with van der Waals surface area (Å²) in [5.41, 5.74) is -0.233. The monoisotopic (exact) mass is 286 g/mol. The van der Waals surface area contributed by atoms with Crippen molar-refractivity contribution in [2.45, 2.75) is 6.92 Å². The van der Waals surface area contributed by atoms with Crippen molar-refractivity contribution in [3.63, 3.8) is 0 Å². The molecule has 0 bridgehead atoms. The van der Waals surface area contributed by atoms with Gasteiger partial charge in [0.1, 0.15) is 17.6 Å².